The normalized spacial score (nSPS) is 33.5. The lowest BCUT2D eigenvalue weighted by Gasteiger charge is -2.53. The molecular formula is C22H38O6. The summed E-state index contributed by atoms with van der Waals surface area (Å²) in [7, 11) is 0. The molecular weight excluding hydrogens is 360 g/mol. The molecule has 0 aliphatic heterocycles. The van der Waals surface area contributed by atoms with E-state index in [4.69, 9.17) is 9.47 Å². The molecule has 2 N–H and O–H groups in total. The zero-order valence-electron chi connectivity index (χ0n) is 18.0. The van der Waals surface area contributed by atoms with Gasteiger partial charge < -0.3 is 19.7 Å². The number of carbonyl (C=O) groups is 2. The molecule has 2 aliphatic carbocycles. The number of carboxylic acids is 2. The summed E-state index contributed by atoms with van der Waals surface area (Å²) in [5, 5.41) is 18.7. The van der Waals surface area contributed by atoms with Gasteiger partial charge in [-0.05, 0) is 89.9 Å². The highest BCUT2D eigenvalue weighted by molar-refractivity contribution is 5.67. The van der Waals surface area contributed by atoms with Crippen molar-refractivity contribution in [2.45, 2.75) is 91.0 Å². The monoisotopic (exact) mass is 398 g/mol. The Morgan fingerprint density at radius 1 is 0.964 bits per heavy atom. The maximum atomic E-state index is 11.5. The van der Waals surface area contributed by atoms with Gasteiger partial charge in [0, 0.05) is 12.8 Å². The zero-order chi connectivity index (χ0) is 21.1. The lowest BCUT2D eigenvalue weighted by atomic mass is 9.53. The van der Waals surface area contributed by atoms with Crippen LogP contribution in [-0.2, 0) is 19.1 Å². The van der Waals surface area contributed by atoms with Gasteiger partial charge in [0.05, 0.1) is 24.4 Å². The van der Waals surface area contributed by atoms with E-state index < -0.39 is 11.9 Å². The Bertz CT molecular complexity index is 538. The van der Waals surface area contributed by atoms with Gasteiger partial charge in [-0.1, -0.05) is 0 Å². The molecule has 0 heterocycles. The summed E-state index contributed by atoms with van der Waals surface area (Å²) in [5.41, 5.74) is -0.241. The lowest BCUT2D eigenvalue weighted by Crippen LogP contribution is -2.50. The van der Waals surface area contributed by atoms with Crippen molar-refractivity contribution in [2.24, 2.45) is 29.6 Å². The smallest absolute Gasteiger partial charge is 0.303 e. The molecule has 0 bridgehead atoms. The van der Waals surface area contributed by atoms with Crippen LogP contribution in [-0.4, -0.2) is 46.6 Å². The van der Waals surface area contributed by atoms with Crippen LogP contribution in [0.3, 0.4) is 0 Å². The van der Waals surface area contributed by atoms with E-state index >= 15 is 0 Å². The molecule has 6 unspecified atom stereocenters. The number of aliphatic carboxylic acids is 2. The number of hydrogen-bond acceptors (Lipinski definition) is 4. The van der Waals surface area contributed by atoms with Crippen molar-refractivity contribution in [1.29, 1.82) is 0 Å². The van der Waals surface area contributed by atoms with E-state index in [-0.39, 0.29) is 54.3 Å². The Labute approximate surface area is 169 Å². The number of rotatable bonds is 9. The number of hydrogen-bond donors (Lipinski definition) is 2. The summed E-state index contributed by atoms with van der Waals surface area (Å²) in [4.78, 5) is 22.8. The fraction of sp³-hybridized carbons (Fsp3) is 0.909. The minimum Gasteiger partial charge on any atom is -0.481 e. The molecule has 6 heteroatoms. The van der Waals surface area contributed by atoms with Gasteiger partial charge in [0.2, 0.25) is 0 Å². The van der Waals surface area contributed by atoms with Crippen molar-refractivity contribution in [3.8, 4) is 0 Å². The van der Waals surface area contributed by atoms with Crippen LogP contribution >= 0.6 is 0 Å². The van der Waals surface area contributed by atoms with Gasteiger partial charge >= 0.3 is 11.9 Å². The Kier molecular flexibility index (Phi) is 7.91. The molecule has 162 valence electrons. The molecule has 2 saturated carbocycles. The Balaban J connectivity index is 2.18. The molecule has 0 spiro atoms. The Morgan fingerprint density at radius 2 is 1.57 bits per heavy atom. The molecule has 6 nitrogen and oxygen atoms in total. The first-order valence-corrected chi connectivity index (χ1v) is 10.7. The summed E-state index contributed by atoms with van der Waals surface area (Å²) in [5.74, 6) is -0.669. The van der Waals surface area contributed by atoms with Gasteiger partial charge in [0.1, 0.15) is 0 Å². The van der Waals surface area contributed by atoms with Crippen molar-refractivity contribution >= 4 is 11.9 Å². The largest absolute Gasteiger partial charge is 0.481 e. The van der Waals surface area contributed by atoms with Crippen molar-refractivity contribution in [3.05, 3.63) is 0 Å². The van der Waals surface area contributed by atoms with Crippen LogP contribution in [0, 0.1) is 29.6 Å². The van der Waals surface area contributed by atoms with Crippen LogP contribution in [0.25, 0.3) is 0 Å². The second-order valence-corrected chi connectivity index (χ2v) is 10.0. The van der Waals surface area contributed by atoms with Gasteiger partial charge in [-0.25, -0.2) is 0 Å². The van der Waals surface area contributed by atoms with Crippen molar-refractivity contribution in [2.75, 3.05) is 6.61 Å². The predicted octanol–water partition coefficient (Wildman–Crippen LogP) is 4.21. The van der Waals surface area contributed by atoms with Gasteiger partial charge in [0.25, 0.3) is 0 Å². The summed E-state index contributed by atoms with van der Waals surface area (Å²) >= 11 is 0. The molecule has 0 amide bonds. The fourth-order valence-electron chi connectivity index (χ4n) is 5.31. The van der Waals surface area contributed by atoms with E-state index in [0.29, 0.717) is 12.5 Å². The molecule has 6 atom stereocenters. The second-order valence-electron chi connectivity index (χ2n) is 10.0. The third-order valence-electron chi connectivity index (χ3n) is 6.23. The molecule has 2 fully saturated rings. The van der Waals surface area contributed by atoms with Crippen molar-refractivity contribution in [3.63, 3.8) is 0 Å². The van der Waals surface area contributed by atoms with E-state index in [2.05, 4.69) is 0 Å². The highest BCUT2D eigenvalue weighted by atomic mass is 16.5. The van der Waals surface area contributed by atoms with Gasteiger partial charge in [0.15, 0.2) is 0 Å². The topological polar surface area (TPSA) is 93.1 Å². The van der Waals surface area contributed by atoms with Crippen LogP contribution in [0.15, 0.2) is 0 Å². The van der Waals surface area contributed by atoms with Crippen LogP contribution < -0.4 is 0 Å². The molecule has 2 rings (SSSR count). The molecule has 0 saturated heterocycles. The maximum absolute atomic E-state index is 11.5. The fourth-order valence-corrected chi connectivity index (χ4v) is 5.31. The number of ether oxygens (including phenoxy) is 2. The van der Waals surface area contributed by atoms with Gasteiger partial charge in [-0.15, -0.1) is 0 Å². The highest BCUT2D eigenvalue weighted by Gasteiger charge is 2.50. The van der Waals surface area contributed by atoms with Crippen LogP contribution in [0.2, 0.25) is 0 Å². The standard InChI is InChI=1S/C22H38O6/c1-13(2)27-12-16-8-15(10-20(25)26)21(16)18-11-17(28-22(3,4)5)7-6-14(18)9-19(23)24/h13-18,21H,6-12H2,1-5H3,(H,23,24)(H,25,26). The maximum Gasteiger partial charge on any atom is 0.303 e. The Hall–Kier alpha value is -1.14. The van der Waals surface area contributed by atoms with Gasteiger partial charge in [-0.2, -0.15) is 0 Å². The second kappa shape index (κ2) is 9.57. The number of carboxylic acid groups (broad SMARTS) is 2. The minimum atomic E-state index is -0.772. The predicted molar refractivity (Wildman–Crippen MR) is 106 cm³/mol. The molecule has 0 aromatic rings. The average Bonchev–Trinajstić information content (AvgIpc) is 2.50. The average molecular weight is 399 g/mol. The van der Waals surface area contributed by atoms with E-state index in [1.807, 2.05) is 34.6 Å². The van der Waals surface area contributed by atoms with E-state index in [1.54, 1.807) is 0 Å². The van der Waals surface area contributed by atoms with Gasteiger partial charge in [-0.3, -0.25) is 9.59 Å². The van der Waals surface area contributed by atoms with Crippen molar-refractivity contribution in [1.82, 2.24) is 0 Å². The van der Waals surface area contributed by atoms with E-state index in [9.17, 15) is 19.8 Å². The SMILES string of the molecule is CC(C)OCC1CC(CC(=O)O)C1C1CC(OC(C)(C)C)CCC1CC(=O)O. The first-order valence-electron chi connectivity index (χ1n) is 10.7. The molecule has 28 heavy (non-hydrogen) atoms. The molecule has 0 radical (unpaired) electrons. The first-order chi connectivity index (χ1) is 13.0. The first kappa shape index (κ1) is 23.1. The molecule has 2 aliphatic rings. The van der Waals surface area contributed by atoms with Crippen molar-refractivity contribution < 1.29 is 29.3 Å². The molecule has 0 aromatic heterocycles. The zero-order valence-corrected chi connectivity index (χ0v) is 18.0. The van der Waals surface area contributed by atoms with Crippen LogP contribution in [0.1, 0.15) is 73.1 Å². The molecule has 0 aromatic carbocycles. The lowest BCUT2D eigenvalue weighted by molar-refractivity contribution is -0.153. The quantitative estimate of drug-likeness (QED) is 0.604. The summed E-state index contributed by atoms with van der Waals surface area (Å²) in [6.45, 7) is 10.8. The van der Waals surface area contributed by atoms with E-state index in [1.165, 1.54) is 0 Å². The summed E-state index contributed by atoms with van der Waals surface area (Å²) < 4.78 is 12.1. The highest BCUT2D eigenvalue weighted by Crippen LogP contribution is 2.53. The summed E-state index contributed by atoms with van der Waals surface area (Å²) in [6.07, 6.45) is 3.91. The van der Waals surface area contributed by atoms with E-state index in [0.717, 1.165) is 25.7 Å². The Morgan fingerprint density at radius 3 is 2.11 bits per heavy atom. The third-order valence-corrected chi connectivity index (χ3v) is 6.23. The van der Waals surface area contributed by atoms with Crippen LogP contribution in [0.4, 0.5) is 0 Å². The summed E-state index contributed by atoms with van der Waals surface area (Å²) in [6, 6.07) is 0. The third kappa shape index (κ3) is 6.73. The van der Waals surface area contributed by atoms with Crippen LogP contribution in [0.5, 0.6) is 0 Å². The minimum absolute atomic E-state index is 0.0838.